The van der Waals surface area contributed by atoms with E-state index in [1.54, 1.807) is 6.92 Å². The van der Waals surface area contributed by atoms with Gasteiger partial charge in [-0.1, -0.05) is 47.0 Å². The maximum atomic E-state index is 12.1. The summed E-state index contributed by atoms with van der Waals surface area (Å²) < 4.78 is 3.77. The van der Waals surface area contributed by atoms with Gasteiger partial charge in [-0.05, 0) is 41.7 Å². The van der Waals surface area contributed by atoms with Crippen molar-refractivity contribution < 1.29 is 4.79 Å². The minimum absolute atomic E-state index is 0.171. The highest BCUT2D eigenvalue weighted by molar-refractivity contribution is 7.08. The first kappa shape index (κ1) is 13.5. The van der Waals surface area contributed by atoms with Gasteiger partial charge < -0.3 is 5.32 Å². The van der Waals surface area contributed by atoms with Crippen LogP contribution in [0.3, 0.4) is 0 Å². The minimum atomic E-state index is -0.171. The molecule has 4 nitrogen and oxygen atoms in total. The van der Waals surface area contributed by atoms with Crippen molar-refractivity contribution in [1.29, 1.82) is 0 Å². The highest BCUT2D eigenvalue weighted by Crippen LogP contribution is 2.21. The lowest BCUT2D eigenvalue weighted by Crippen LogP contribution is -2.11. The summed E-state index contributed by atoms with van der Waals surface area (Å²) in [5, 5.41) is 6.70. The van der Waals surface area contributed by atoms with Gasteiger partial charge in [0.1, 0.15) is 4.88 Å². The van der Waals surface area contributed by atoms with Crippen molar-refractivity contribution in [2.75, 3.05) is 5.32 Å². The Hall–Kier alpha value is -2.53. The zero-order valence-corrected chi connectivity index (χ0v) is 12.2. The third kappa shape index (κ3) is 2.98. The van der Waals surface area contributed by atoms with Crippen LogP contribution in [0.5, 0.6) is 0 Å². The molecular formula is C16H13N3OS. The van der Waals surface area contributed by atoms with E-state index in [0.29, 0.717) is 10.6 Å². The zero-order valence-electron chi connectivity index (χ0n) is 11.4. The Morgan fingerprint density at radius 3 is 2.29 bits per heavy atom. The highest BCUT2D eigenvalue weighted by Gasteiger charge is 2.13. The first-order chi connectivity index (χ1) is 10.2. The number of anilines is 1. The van der Waals surface area contributed by atoms with Gasteiger partial charge in [-0.25, -0.2) is 0 Å². The quantitative estimate of drug-likeness (QED) is 0.800. The molecule has 3 rings (SSSR count). The van der Waals surface area contributed by atoms with E-state index in [-0.39, 0.29) is 5.91 Å². The number of aromatic nitrogens is 2. The standard InChI is InChI=1S/C16H13N3OS/c1-11-15(21-19-18-11)16(20)17-14-9-7-13(8-10-14)12-5-3-2-4-6-12/h2-10H,1H3,(H,17,20). The predicted molar refractivity (Wildman–Crippen MR) is 84.5 cm³/mol. The molecule has 0 saturated carbocycles. The summed E-state index contributed by atoms with van der Waals surface area (Å²) in [6, 6.07) is 17.9. The average molecular weight is 295 g/mol. The molecule has 0 atom stereocenters. The number of benzene rings is 2. The van der Waals surface area contributed by atoms with E-state index in [0.717, 1.165) is 28.3 Å². The van der Waals surface area contributed by atoms with Gasteiger partial charge in [0.2, 0.25) is 0 Å². The topological polar surface area (TPSA) is 54.9 Å². The lowest BCUT2D eigenvalue weighted by Gasteiger charge is -2.06. The van der Waals surface area contributed by atoms with E-state index in [9.17, 15) is 4.79 Å². The van der Waals surface area contributed by atoms with Crippen molar-refractivity contribution in [2.45, 2.75) is 6.92 Å². The van der Waals surface area contributed by atoms with Crippen molar-refractivity contribution in [1.82, 2.24) is 9.59 Å². The summed E-state index contributed by atoms with van der Waals surface area (Å²) in [6.07, 6.45) is 0. The molecular weight excluding hydrogens is 282 g/mol. The van der Waals surface area contributed by atoms with E-state index in [2.05, 4.69) is 27.0 Å². The summed E-state index contributed by atoms with van der Waals surface area (Å²) in [6.45, 7) is 1.77. The molecule has 1 N–H and O–H groups in total. The molecule has 104 valence electrons. The summed E-state index contributed by atoms with van der Waals surface area (Å²) in [5.74, 6) is -0.171. The highest BCUT2D eigenvalue weighted by atomic mass is 32.1. The fourth-order valence-electron chi connectivity index (χ4n) is 2.00. The zero-order chi connectivity index (χ0) is 14.7. The molecule has 0 aliphatic rings. The predicted octanol–water partition coefficient (Wildman–Crippen LogP) is 3.77. The SMILES string of the molecule is Cc1nnsc1C(=O)Nc1ccc(-c2ccccc2)cc1. The van der Waals surface area contributed by atoms with E-state index < -0.39 is 0 Å². The fraction of sp³-hybridized carbons (Fsp3) is 0.0625. The number of aryl methyl sites for hydroxylation is 1. The summed E-state index contributed by atoms with van der Waals surface area (Å²) in [4.78, 5) is 12.6. The molecule has 0 bridgehead atoms. The van der Waals surface area contributed by atoms with Gasteiger partial charge in [0.25, 0.3) is 5.91 Å². The summed E-state index contributed by atoms with van der Waals surface area (Å²) in [7, 11) is 0. The molecule has 0 spiro atoms. The molecule has 1 amide bonds. The Labute approximate surface area is 126 Å². The molecule has 0 aliphatic carbocycles. The molecule has 5 heteroatoms. The molecule has 0 radical (unpaired) electrons. The van der Waals surface area contributed by atoms with Crippen LogP contribution < -0.4 is 5.32 Å². The molecule has 0 aliphatic heterocycles. The molecule has 2 aromatic carbocycles. The normalized spacial score (nSPS) is 10.3. The van der Waals surface area contributed by atoms with Gasteiger partial charge in [-0.15, -0.1) is 5.10 Å². The van der Waals surface area contributed by atoms with Crippen LogP contribution in [0.4, 0.5) is 5.69 Å². The maximum absolute atomic E-state index is 12.1. The number of nitrogens with zero attached hydrogens (tertiary/aromatic N) is 2. The first-order valence-electron chi connectivity index (χ1n) is 6.50. The number of carbonyl (C=O) groups excluding carboxylic acids is 1. The number of rotatable bonds is 3. The number of hydrogen-bond donors (Lipinski definition) is 1. The van der Waals surface area contributed by atoms with Gasteiger partial charge in [0.15, 0.2) is 0 Å². The van der Waals surface area contributed by atoms with Crippen LogP contribution in [0.2, 0.25) is 0 Å². The van der Waals surface area contributed by atoms with Crippen LogP contribution in [0, 0.1) is 6.92 Å². The van der Waals surface area contributed by atoms with Crippen LogP contribution in [0.15, 0.2) is 54.6 Å². The van der Waals surface area contributed by atoms with Crippen LogP contribution in [-0.4, -0.2) is 15.5 Å². The van der Waals surface area contributed by atoms with Gasteiger partial charge in [0.05, 0.1) is 5.69 Å². The fourth-order valence-corrected chi connectivity index (χ4v) is 2.56. The molecule has 3 aromatic rings. The number of amides is 1. The molecule has 21 heavy (non-hydrogen) atoms. The van der Waals surface area contributed by atoms with Gasteiger partial charge in [0, 0.05) is 5.69 Å². The number of hydrogen-bond acceptors (Lipinski definition) is 4. The second kappa shape index (κ2) is 5.85. The Bertz CT molecular complexity index is 751. The Balaban J connectivity index is 1.76. The van der Waals surface area contributed by atoms with E-state index in [4.69, 9.17) is 0 Å². The molecule has 0 fully saturated rings. The third-order valence-corrected chi connectivity index (χ3v) is 3.93. The van der Waals surface area contributed by atoms with Crippen molar-refractivity contribution in [3.05, 3.63) is 65.2 Å². The van der Waals surface area contributed by atoms with Gasteiger partial charge >= 0.3 is 0 Å². The molecule has 1 aromatic heterocycles. The average Bonchev–Trinajstić information content (AvgIpc) is 2.95. The van der Waals surface area contributed by atoms with Gasteiger partial charge in [-0.2, -0.15) is 0 Å². The number of carbonyl (C=O) groups is 1. The van der Waals surface area contributed by atoms with E-state index in [1.165, 1.54) is 0 Å². The smallest absolute Gasteiger partial charge is 0.269 e. The van der Waals surface area contributed by atoms with Crippen molar-refractivity contribution in [3.8, 4) is 11.1 Å². The Morgan fingerprint density at radius 1 is 1.00 bits per heavy atom. The molecule has 1 heterocycles. The summed E-state index contributed by atoms with van der Waals surface area (Å²) >= 11 is 1.10. The molecule has 0 saturated heterocycles. The monoisotopic (exact) mass is 295 g/mol. The second-order valence-corrected chi connectivity index (χ2v) is 5.34. The lowest BCUT2D eigenvalue weighted by molar-refractivity contribution is 0.103. The summed E-state index contributed by atoms with van der Waals surface area (Å²) in [5.41, 5.74) is 3.67. The number of nitrogens with one attached hydrogen (secondary N) is 1. The largest absolute Gasteiger partial charge is 0.321 e. The van der Waals surface area contributed by atoms with Crippen LogP contribution >= 0.6 is 11.5 Å². The second-order valence-electron chi connectivity index (χ2n) is 4.58. The van der Waals surface area contributed by atoms with E-state index in [1.807, 2.05) is 42.5 Å². The third-order valence-electron chi connectivity index (χ3n) is 3.11. The lowest BCUT2D eigenvalue weighted by atomic mass is 10.1. The van der Waals surface area contributed by atoms with Crippen LogP contribution in [0.25, 0.3) is 11.1 Å². The van der Waals surface area contributed by atoms with Crippen molar-refractivity contribution >= 4 is 23.1 Å². The first-order valence-corrected chi connectivity index (χ1v) is 7.27. The minimum Gasteiger partial charge on any atom is -0.321 e. The van der Waals surface area contributed by atoms with Crippen LogP contribution in [0.1, 0.15) is 15.4 Å². The van der Waals surface area contributed by atoms with Gasteiger partial charge in [-0.3, -0.25) is 4.79 Å². The van der Waals surface area contributed by atoms with E-state index >= 15 is 0 Å². The maximum Gasteiger partial charge on any atom is 0.269 e. The Morgan fingerprint density at radius 2 is 1.67 bits per heavy atom. The van der Waals surface area contributed by atoms with Crippen molar-refractivity contribution in [2.24, 2.45) is 0 Å². The van der Waals surface area contributed by atoms with Crippen molar-refractivity contribution in [3.63, 3.8) is 0 Å². The molecule has 0 unspecified atom stereocenters. The van der Waals surface area contributed by atoms with Crippen LogP contribution in [-0.2, 0) is 0 Å². The Kier molecular flexibility index (Phi) is 3.75.